The van der Waals surface area contributed by atoms with Gasteiger partial charge >= 0.3 is 0 Å². The van der Waals surface area contributed by atoms with E-state index in [4.69, 9.17) is 0 Å². The van der Waals surface area contributed by atoms with Gasteiger partial charge in [-0.25, -0.2) is 15.0 Å². The van der Waals surface area contributed by atoms with E-state index in [1.165, 1.54) is 11.3 Å². The lowest BCUT2D eigenvalue weighted by Crippen LogP contribution is -2.29. The molecule has 2 heterocycles. The van der Waals surface area contributed by atoms with Crippen LogP contribution < -0.4 is 10.2 Å². The normalized spacial score (nSPS) is 11.9. The van der Waals surface area contributed by atoms with Gasteiger partial charge in [0.15, 0.2) is 5.82 Å². The predicted octanol–water partition coefficient (Wildman–Crippen LogP) is 2.75. The van der Waals surface area contributed by atoms with Crippen molar-refractivity contribution in [3.63, 3.8) is 0 Å². The van der Waals surface area contributed by atoms with Crippen LogP contribution in [0.5, 0.6) is 0 Å². The van der Waals surface area contributed by atoms with E-state index < -0.39 is 6.10 Å². The molecular weight excluding hydrogens is 374 g/mol. The van der Waals surface area contributed by atoms with Crippen LogP contribution in [-0.2, 0) is 0 Å². The molecule has 1 aromatic carbocycles. The summed E-state index contributed by atoms with van der Waals surface area (Å²) in [4.78, 5) is 28.3. The molecule has 3 aromatic rings. The van der Waals surface area contributed by atoms with Crippen LogP contribution in [0.15, 0.2) is 36.0 Å². The van der Waals surface area contributed by atoms with E-state index in [1.807, 2.05) is 51.0 Å². The summed E-state index contributed by atoms with van der Waals surface area (Å²) in [5.74, 6) is 1.10. The lowest BCUT2D eigenvalue weighted by Gasteiger charge is -2.14. The molecule has 0 aliphatic rings. The first-order chi connectivity index (χ1) is 13.4. The highest BCUT2D eigenvalue weighted by atomic mass is 32.1. The number of thiazole rings is 1. The van der Waals surface area contributed by atoms with E-state index in [0.29, 0.717) is 11.4 Å². The Morgan fingerprint density at radius 2 is 2.04 bits per heavy atom. The molecule has 3 rings (SSSR count). The molecule has 0 saturated heterocycles. The average Bonchev–Trinajstić information content (AvgIpc) is 3.12. The predicted molar refractivity (Wildman–Crippen MR) is 111 cm³/mol. The Morgan fingerprint density at radius 1 is 1.25 bits per heavy atom. The molecule has 1 atom stereocenters. The number of nitrogens with one attached hydrogen (secondary N) is 1. The van der Waals surface area contributed by atoms with Crippen LogP contribution in [0.1, 0.15) is 32.6 Å². The fourth-order valence-electron chi connectivity index (χ4n) is 2.75. The number of benzene rings is 1. The zero-order valence-electron chi connectivity index (χ0n) is 16.3. The Hall–Kier alpha value is -2.84. The SMILES string of the molecule is Cc1ccc(-c2nccc(N(C)C)n2)cc1C(=O)NC[C@@H](O)c1scnc1C. The van der Waals surface area contributed by atoms with Crippen molar-refractivity contribution in [3.05, 3.63) is 57.7 Å². The molecule has 0 spiro atoms. The van der Waals surface area contributed by atoms with Crippen LogP contribution in [0, 0.1) is 13.8 Å². The second-order valence-electron chi connectivity index (χ2n) is 6.69. The van der Waals surface area contributed by atoms with Crippen molar-refractivity contribution in [1.82, 2.24) is 20.3 Å². The maximum atomic E-state index is 12.7. The van der Waals surface area contributed by atoms with Crippen molar-refractivity contribution < 1.29 is 9.90 Å². The van der Waals surface area contributed by atoms with Crippen molar-refractivity contribution >= 4 is 23.1 Å². The summed E-state index contributed by atoms with van der Waals surface area (Å²) >= 11 is 1.38. The first-order valence-electron chi connectivity index (χ1n) is 8.84. The minimum atomic E-state index is -0.778. The van der Waals surface area contributed by atoms with E-state index >= 15 is 0 Å². The largest absolute Gasteiger partial charge is 0.386 e. The van der Waals surface area contributed by atoms with Gasteiger partial charge in [-0.15, -0.1) is 11.3 Å². The van der Waals surface area contributed by atoms with Crippen LogP contribution in [0.25, 0.3) is 11.4 Å². The standard InChI is InChI=1S/C20H23N5O2S/c1-12-5-6-14(19-21-8-7-17(24-19)25(3)4)9-15(12)20(27)22-10-16(26)18-13(2)23-11-28-18/h5-9,11,16,26H,10H2,1-4H3,(H,22,27)/t16-/m1/s1. The van der Waals surface area contributed by atoms with Gasteiger partial charge in [0.1, 0.15) is 11.9 Å². The van der Waals surface area contributed by atoms with E-state index in [0.717, 1.165) is 27.5 Å². The van der Waals surface area contributed by atoms with E-state index in [9.17, 15) is 9.90 Å². The molecule has 146 valence electrons. The number of nitrogens with zero attached hydrogens (tertiary/aromatic N) is 4. The van der Waals surface area contributed by atoms with Crippen molar-refractivity contribution in [2.24, 2.45) is 0 Å². The van der Waals surface area contributed by atoms with E-state index in [2.05, 4.69) is 20.3 Å². The third-order valence-corrected chi connectivity index (χ3v) is 5.41. The minimum absolute atomic E-state index is 0.123. The Balaban J connectivity index is 1.78. The molecular formula is C20H23N5O2S. The maximum Gasteiger partial charge on any atom is 0.251 e. The number of anilines is 1. The number of carbonyl (C=O) groups is 1. The number of rotatable bonds is 6. The molecule has 0 unspecified atom stereocenters. The van der Waals surface area contributed by atoms with Crippen molar-refractivity contribution in [1.29, 1.82) is 0 Å². The summed E-state index contributed by atoms with van der Waals surface area (Å²) in [7, 11) is 3.83. The number of hydrogen-bond acceptors (Lipinski definition) is 7. The molecule has 1 amide bonds. The summed E-state index contributed by atoms with van der Waals surface area (Å²) in [5.41, 5.74) is 4.60. The molecule has 8 heteroatoms. The Kier molecular flexibility index (Phi) is 6.01. The van der Waals surface area contributed by atoms with Gasteiger partial charge in [-0.2, -0.15) is 0 Å². The molecule has 0 fully saturated rings. The van der Waals surface area contributed by atoms with Gasteiger partial charge in [0.2, 0.25) is 0 Å². The highest BCUT2D eigenvalue weighted by molar-refractivity contribution is 7.09. The second-order valence-corrected chi connectivity index (χ2v) is 7.58. The van der Waals surface area contributed by atoms with E-state index in [1.54, 1.807) is 17.8 Å². The van der Waals surface area contributed by atoms with Gasteiger partial charge in [-0.05, 0) is 31.5 Å². The Labute approximate surface area is 168 Å². The van der Waals surface area contributed by atoms with Gasteiger partial charge in [0, 0.05) is 38.0 Å². The molecule has 0 saturated carbocycles. The number of aliphatic hydroxyl groups is 1. The summed E-state index contributed by atoms with van der Waals surface area (Å²) in [5, 5.41) is 13.1. The molecule has 2 N–H and O–H groups in total. The smallest absolute Gasteiger partial charge is 0.251 e. The highest BCUT2D eigenvalue weighted by Crippen LogP contribution is 2.23. The number of aryl methyl sites for hydroxylation is 2. The van der Waals surface area contributed by atoms with Crippen molar-refractivity contribution in [3.8, 4) is 11.4 Å². The van der Waals surface area contributed by atoms with Crippen LogP contribution >= 0.6 is 11.3 Å². The maximum absolute atomic E-state index is 12.7. The highest BCUT2D eigenvalue weighted by Gasteiger charge is 2.17. The van der Waals surface area contributed by atoms with Crippen molar-refractivity contribution in [2.45, 2.75) is 20.0 Å². The topological polar surface area (TPSA) is 91.2 Å². The van der Waals surface area contributed by atoms with Gasteiger partial charge < -0.3 is 15.3 Å². The molecule has 2 aromatic heterocycles. The number of aliphatic hydroxyl groups excluding tert-OH is 1. The zero-order chi connectivity index (χ0) is 20.3. The van der Waals surface area contributed by atoms with Gasteiger partial charge in [-0.3, -0.25) is 4.79 Å². The first-order valence-corrected chi connectivity index (χ1v) is 9.72. The molecule has 0 aliphatic heterocycles. The van der Waals surface area contributed by atoms with Crippen LogP contribution in [0.4, 0.5) is 5.82 Å². The summed E-state index contributed by atoms with van der Waals surface area (Å²) < 4.78 is 0. The Morgan fingerprint density at radius 3 is 2.71 bits per heavy atom. The lowest BCUT2D eigenvalue weighted by atomic mass is 10.0. The third kappa shape index (κ3) is 4.35. The number of amides is 1. The summed E-state index contributed by atoms with van der Waals surface area (Å²) in [6, 6.07) is 7.38. The monoisotopic (exact) mass is 397 g/mol. The summed E-state index contributed by atoms with van der Waals surface area (Å²) in [6.07, 6.45) is 0.922. The summed E-state index contributed by atoms with van der Waals surface area (Å²) in [6.45, 7) is 3.84. The fraction of sp³-hybridized carbons (Fsp3) is 0.300. The molecule has 0 aliphatic carbocycles. The Bertz CT molecular complexity index is 986. The van der Waals surface area contributed by atoms with Crippen LogP contribution in [-0.4, -0.2) is 46.6 Å². The molecule has 28 heavy (non-hydrogen) atoms. The van der Waals surface area contributed by atoms with Gasteiger partial charge in [0.25, 0.3) is 5.91 Å². The first kappa shape index (κ1) is 19.9. The second kappa shape index (κ2) is 8.45. The number of aromatic nitrogens is 3. The van der Waals surface area contributed by atoms with Crippen LogP contribution in [0.3, 0.4) is 0 Å². The zero-order valence-corrected chi connectivity index (χ0v) is 17.1. The quantitative estimate of drug-likeness (QED) is 0.665. The molecule has 0 radical (unpaired) electrons. The van der Waals surface area contributed by atoms with Crippen molar-refractivity contribution in [2.75, 3.05) is 25.5 Å². The molecule has 0 bridgehead atoms. The van der Waals surface area contributed by atoms with Crippen LogP contribution in [0.2, 0.25) is 0 Å². The van der Waals surface area contributed by atoms with Gasteiger partial charge in [-0.1, -0.05) is 12.1 Å². The average molecular weight is 398 g/mol. The minimum Gasteiger partial charge on any atom is -0.386 e. The third-order valence-electron chi connectivity index (χ3n) is 4.38. The van der Waals surface area contributed by atoms with Gasteiger partial charge in [0.05, 0.1) is 16.1 Å². The number of carbonyl (C=O) groups excluding carboxylic acids is 1. The van der Waals surface area contributed by atoms with E-state index in [-0.39, 0.29) is 12.5 Å². The number of hydrogen-bond donors (Lipinski definition) is 2. The lowest BCUT2D eigenvalue weighted by molar-refractivity contribution is 0.0917. The molecule has 7 nitrogen and oxygen atoms in total. The fourth-order valence-corrected chi connectivity index (χ4v) is 3.54.